The maximum atomic E-state index is 13.8. The van der Waals surface area contributed by atoms with Crippen LogP contribution in [0.25, 0.3) is 6.08 Å². The first-order valence-corrected chi connectivity index (χ1v) is 12.5. The first-order valence-electron chi connectivity index (χ1n) is 11.0. The van der Waals surface area contributed by atoms with Crippen LogP contribution in [0.5, 0.6) is 11.5 Å². The van der Waals surface area contributed by atoms with Gasteiger partial charge in [0.1, 0.15) is 0 Å². The lowest BCUT2D eigenvalue weighted by molar-refractivity contribution is -0.139. The van der Waals surface area contributed by atoms with Crippen molar-refractivity contribution in [3.63, 3.8) is 0 Å². The summed E-state index contributed by atoms with van der Waals surface area (Å²) < 4.78 is 130. The summed E-state index contributed by atoms with van der Waals surface area (Å²) in [4.78, 5) is 12.5. The Hall–Kier alpha value is -2.74. The zero-order chi connectivity index (χ0) is 29.2. The zero-order valence-corrected chi connectivity index (χ0v) is 21.3. The van der Waals surface area contributed by atoms with Crippen molar-refractivity contribution in [3.05, 3.63) is 63.7 Å². The van der Waals surface area contributed by atoms with Crippen molar-refractivity contribution in [2.75, 3.05) is 18.3 Å². The SMILES string of the molecule is C[C@H](CSCC(F)(F)F)NC(=O)c1ccc(/C=C/C(c2cc(Cl)c3c(c2)OCO3)C(F)(F)F)cc1C(F)(F)F. The number of halogens is 10. The quantitative estimate of drug-likeness (QED) is 0.311. The number of rotatable bonds is 8. The van der Waals surface area contributed by atoms with E-state index in [1.807, 2.05) is 0 Å². The molecule has 2 atom stereocenters. The van der Waals surface area contributed by atoms with E-state index in [4.69, 9.17) is 21.1 Å². The Labute approximate surface area is 225 Å². The van der Waals surface area contributed by atoms with Crippen LogP contribution in [0.15, 0.2) is 36.4 Å². The molecule has 1 heterocycles. The molecule has 0 saturated heterocycles. The highest BCUT2D eigenvalue weighted by molar-refractivity contribution is 7.99. The highest BCUT2D eigenvalue weighted by Crippen LogP contribution is 2.45. The van der Waals surface area contributed by atoms with E-state index in [9.17, 15) is 44.3 Å². The lowest BCUT2D eigenvalue weighted by atomic mass is 9.95. The number of nitrogens with one attached hydrogen (secondary N) is 1. The van der Waals surface area contributed by atoms with Gasteiger partial charge in [-0.3, -0.25) is 4.79 Å². The molecule has 0 fully saturated rings. The fourth-order valence-electron chi connectivity index (χ4n) is 3.58. The number of allylic oxidation sites excluding steroid dienone is 1. The van der Waals surface area contributed by atoms with Crippen LogP contribution in [-0.4, -0.2) is 42.6 Å². The molecule has 1 amide bonds. The van der Waals surface area contributed by atoms with Gasteiger partial charge in [0.15, 0.2) is 11.5 Å². The van der Waals surface area contributed by atoms with E-state index in [1.165, 1.54) is 6.92 Å². The standard InChI is InChI=1S/C24H19ClF9NO3S/c1-12(9-39-10-22(26,27)28)35-21(36)15-4-2-13(6-17(15)24(32,33)34)3-5-16(23(29,30)31)14-7-18(25)20-19(8-14)37-11-38-20/h2-8,12,16H,9-11H2,1H3,(H,35,36)/b5-3+/t12-,16?/m1/s1. The molecule has 214 valence electrons. The van der Waals surface area contributed by atoms with Crippen LogP contribution in [-0.2, 0) is 6.18 Å². The van der Waals surface area contributed by atoms with E-state index < -0.39 is 53.3 Å². The molecular weight excluding hydrogens is 589 g/mol. The smallest absolute Gasteiger partial charge is 0.417 e. The Morgan fingerprint density at radius 2 is 1.77 bits per heavy atom. The van der Waals surface area contributed by atoms with Gasteiger partial charge in [-0.2, -0.15) is 51.3 Å². The number of hydrogen-bond acceptors (Lipinski definition) is 4. The number of fused-ring (bicyclic) bond motifs is 1. The van der Waals surface area contributed by atoms with Gasteiger partial charge in [-0.15, -0.1) is 0 Å². The highest BCUT2D eigenvalue weighted by Gasteiger charge is 2.40. The van der Waals surface area contributed by atoms with Crippen LogP contribution in [0.1, 0.15) is 39.9 Å². The first kappa shape index (κ1) is 30.8. The topological polar surface area (TPSA) is 47.6 Å². The summed E-state index contributed by atoms with van der Waals surface area (Å²) in [5.41, 5.74) is -2.87. The summed E-state index contributed by atoms with van der Waals surface area (Å²) in [6.07, 6.45) is -12.9. The van der Waals surface area contributed by atoms with Crippen molar-refractivity contribution < 1.29 is 53.8 Å². The van der Waals surface area contributed by atoms with Crippen LogP contribution in [0.3, 0.4) is 0 Å². The summed E-state index contributed by atoms with van der Waals surface area (Å²) in [5.74, 6) is -4.81. The molecule has 0 bridgehead atoms. The summed E-state index contributed by atoms with van der Waals surface area (Å²) in [6.45, 7) is 1.08. The molecule has 15 heteroatoms. The first-order chi connectivity index (χ1) is 18.0. The second-order valence-electron chi connectivity index (χ2n) is 8.42. The normalized spacial score (nSPS) is 15.5. The van der Waals surface area contributed by atoms with E-state index in [2.05, 4.69) is 5.32 Å². The minimum atomic E-state index is -5.06. The summed E-state index contributed by atoms with van der Waals surface area (Å²) in [7, 11) is 0. The van der Waals surface area contributed by atoms with E-state index in [0.29, 0.717) is 23.9 Å². The number of thioether (sulfide) groups is 1. The number of ether oxygens (including phenoxy) is 2. The molecule has 0 aliphatic carbocycles. The molecule has 1 aliphatic rings. The van der Waals surface area contributed by atoms with Gasteiger partial charge in [0, 0.05) is 11.8 Å². The van der Waals surface area contributed by atoms with Crippen molar-refractivity contribution in [1.82, 2.24) is 5.32 Å². The molecule has 4 nitrogen and oxygen atoms in total. The van der Waals surface area contributed by atoms with Crippen molar-refractivity contribution in [1.29, 1.82) is 0 Å². The molecule has 0 saturated carbocycles. The fraction of sp³-hybridized carbons (Fsp3) is 0.375. The van der Waals surface area contributed by atoms with Crippen LogP contribution in [0.4, 0.5) is 39.5 Å². The third-order valence-electron chi connectivity index (χ3n) is 5.25. The number of carbonyl (C=O) groups excluding carboxylic acids is 1. The van der Waals surface area contributed by atoms with Gasteiger partial charge >= 0.3 is 18.5 Å². The van der Waals surface area contributed by atoms with Crippen LogP contribution in [0.2, 0.25) is 5.02 Å². The monoisotopic (exact) mass is 607 g/mol. The summed E-state index contributed by atoms with van der Waals surface area (Å²) >= 11 is 6.43. The van der Waals surface area contributed by atoms with Gasteiger partial charge in [-0.25, -0.2) is 0 Å². The molecule has 0 spiro atoms. The maximum Gasteiger partial charge on any atom is 0.417 e. The minimum absolute atomic E-state index is 0.0130. The second kappa shape index (κ2) is 11.8. The van der Waals surface area contributed by atoms with E-state index in [0.717, 1.165) is 30.3 Å². The third kappa shape index (κ3) is 8.37. The number of benzene rings is 2. The van der Waals surface area contributed by atoms with E-state index in [-0.39, 0.29) is 40.2 Å². The van der Waals surface area contributed by atoms with Crippen LogP contribution >= 0.6 is 23.4 Å². The van der Waals surface area contributed by atoms with Gasteiger partial charge in [0.25, 0.3) is 5.91 Å². The largest absolute Gasteiger partial charge is 0.454 e. The number of amides is 1. The predicted octanol–water partition coefficient (Wildman–Crippen LogP) is 7.86. The molecule has 2 aromatic rings. The molecule has 2 aromatic carbocycles. The average Bonchev–Trinajstić information content (AvgIpc) is 3.26. The van der Waals surface area contributed by atoms with Gasteiger partial charge < -0.3 is 14.8 Å². The van der Waals surface area contributed by atoms with Gasteiger partial charge in [0.2, 0.25) is 6.79 Å². The van der Waals surface area contributed by atoms with E-state index >= 15 is 0 Å². The van der Waals surface area contributed by atoms with Crippen molar-refractivity contribution in [3.8, 4) is 11.5 Å². The van der Waals surface area contributed by atoms with Crippen molar-refractivity contribution in [2.45, 2.75) is 37.4 Å². The molecule has 1 aliphatic heterocycles. The van der Waals surface area contributed by atoms with Gasteiger partial charge in [-0.1, -0.05) is 29.8 Å². The van der Waals surface area contributed by atoms with Crippen molar-refractivity contribution >= 4 is 35.3 Å². The summed E-state index contributed by atoms with van der Waals surface area (Å²) in [6, 6.07) is 3.50. The van der Waals surface area contributed by atoms with Crippen LogP contribution in [0, 0.1) is 0 Å². The van der Waals surface area contributed by atoms with Crippen LogP contribution < -0.4 is 14.8 Å². The fourth-order valence-corrected chi connectivity index (χ4v) is 4.64. The Bertz CT molecular complexity index is 1230. The third-order valence-corrected chi connectivity index (χ3v) is 6.80. The van der Waals surface area contributed by atoms with Gasteiger partial charge in [0.05, 0.1) is 27.8 Å². The Morgan fingerprint density at radius 3 is 2.38 bits per heavy atom. The Kier molecular flexibility index (Phi) is 9.31. The molecule has 0 aromatic heterocycles. The zero-order valence-electron chi connectivity index (χ0n) is 19.7. The second-order valence-corrected chi connectivity index (χ2v) is 9.86. The molecule has 1 unspecified atom stereocenters. The maximum absolute atomic E-state index is 13.8. The summed E-state index contributed by atoms with van der Waals surface area (Å²) in [5, 5.41) is 2.07. The molecule has 39 heavy (non-hydrogen) atoms. The van der Waals surface area contributed by atoms with E-state index in [1.54, 1.807) is 0 Å². The molecule has 0 radical (unpaired) electrons. The minimum Gasteiger partial charge on any atom is -0.454 e. The van der Waals surface area contributed by atoms with Crippen molar-refractivity contribution in [2.24, 2.45) is 0 Å². The molecular formula is C24H19ClF9NO3S. The Morgan fingerprint density at radius 1 is 1.08 bits per heavy atom. The van der Waals surface area contributed by atoms with Gasteiger partial charge in [-0.05, 0) is 42.3 Å². The highest BCUT2D eigenvalue weighted by atomic mass is 35.5. The molecule has 1 N–H and O–H groups in total. The average molecular weight is 608 g/mol. The molecule has 3 rings (SSSR count). The number of carbonyl (C=O) groups is 1. The predicted molar refractivity (Wildman–Crippen MR) is 127 cm³/mol. The Balaban J connectivity index is 1.85. The lowest BCUT2D eigenvalue weighted by Crippen LogP contribution is -2.35. The lowest BCUT2D eigenvalue weighted by Gasteiger charge is -2.19. The number of hydrogen-bond donors (Lipinski definition) is 1. The number of alkyl halides is 9.